The Kier molecular flexibility index (Phi) is 4.94. The molecule has 26 heavy (non-hydrogen) atoms. The predicted molar refractivity (Wildman–Crippen MR) is 92.6 cm³/mol. The van der Waals surface area contributed by atoms with Gasteiger partial charge in [0.05, 0.1) is 22.3 Å². The molecule has 0 aromatic heterocycles. The molecule has 2 aromatic carbocycles. The smallest absolute Gasteiger partial charge is 0.407 e. The third-order valence-electron chi connectivity index (χ3n) is 4.15. The number of fused-ring (bicyclic) bond motifs is 1. The van der Waals surface area contributed by atoms with E-state index in [1.54, 1.807) is 0 Å². The number of hydrogen-bond acceptors (Lipinski definition) is 5. The summed E-state index contributed by atoms with van der Waals surface area (Å²) in [5.74, 6) is -1.38. The maximum atomic E-state index is 12.3. The quantitative estimate of drug-likeness (QED) is 0.850. The van der Waals surface area contributed by atoms with Gasteiger partial charge in [0.2, 0.25) is 0 Å². The highest BCUT2D eigenvalue weighted by Gasteiger charge is 2.32. The second-order valence-electron chi connectivity index (χ2n) is 5.92. The lowest BCUT2D eigenvalue weighted by atomic mass is 10.0. The molecule has 0 aliphatic carbocycles. The largest absolute Gasteiger partial charge is 0.478 e. The minimum atomic E-state index is -3.58. The molecule has 0 fully saturated rings. The van der Waals surface area contributed by atoms with Gasteiger partial charge in [-0.25, -0.2) is 18.0 Å². The van der Waals surface area contributed by atoms with Crippen molar-refractivity contribution >= 4 is 21.9 Å². The number of amides is 1. The van der Waals surface area contributed by atoms with Crippen molar-refractivity contribution in [1.29, 1.82) is 0 Å². The van der Waals surface area contributed by atoms with Crippen molar-refractivity contribution in [1.82, 2.24) is 5.32 Å². The molecule has 2 N–H and O–H groups in total. The third kappa shape index (κ3) is 3.85. The number of carbonyl (C=O) groups is 2. The van der Waals surface area contributed by atoms with E-state index in [0.717, 1.165) is 11.6 Å². The van der Waals surface area contributed by atoms with Crippen LogP contribution < -0.4 is 5.32 Å². The second-order valence-corrected chi connectivity index (χ2v) is 8.00. The zero-order valence-corrected chi connectivity index (χ0v) is 14.5. The van der Waals surface area contributed by atoms with Gasteiger partial charge in [-0.05, 0) is 29.7 Å². The van der Waals surface area contributed by atoms with Gasteiger partial charge in [-0.15, -0.1) is 0 Å². The normalized spacial score (nSPS) is 17.8. The number of aromatic carboxylic acids is 1. The van der Waals surface area contributed by atoms with Crippen LogP contribution in [0.5, 0.6) is 0 Å². The van der Waals surface area contributed by atoms with Crippen LogP contribution in [0.2, 0.25) is 0 Å². The maximum absolute atomic E-state index is 12.3. The van der Waals surface area contributed by atoms with Crippen LogP contribution in [0.15, 0.2) is 53.4 Å². The van der Waals surface area contributed by atoms with Crippen molar-refractivity contribution in [2.75, 3.05) is 5.75 Å². The van der Waals surface area contributed by atoms with Crippen LogP contribution in [0.1, 0.15) is 33.9 Å². The van der Waals surface area contributed by atoms with Crippen LogP contribution in [0, 0.1) is 0 Å². The molecule has 0 bridgehead atoms. The van der Waals surface area contributed by atoms with E-state index in [-0.39, 0.29) is 29.2 Å². The number of carboxylic acids is 1. The number of carbonyl (C=O) groups excluding carboxylic acids is 1. The Morgan fingerprint density at radius 3 is 2.58 bits per heavy atom. The Morgan fingerprint density at radius 2 is 1.88 bits per heavy atom. The lowest BCUT2D eigenvalue weighted by molar-refractivity contribution is 0.0696. The first kappa shape index (κ1) is 17.9. The molecule has 8 heteroatoms. The van der Waals surface area contributed by atoms with Gasteiger partial charge in [-0.1, -0.05) is 36.4 Å². The predicted octanol–water partition coefficient (Wildman–Crippen LogP) is 2.53. The molecule has 0 saturated carbocycles. The molecule has 0 saturated heterocycles. The van der Waals surface area contributed by atoms with Gasteiger partial charge in [-0.2, -0.15) is 0 Å². The summed E-state index contributed by atoms with van der Waals surface area (Å²) in [5, 5.41) is 11.7. The molecule has 136 valence electrons. The van der Waals surface area contributed by atoms with Crippen molar-refractivity contribution in [3.05, 3.63) is 65.2 Å². The van der Waals surface area contributed by atoms with Crippen LogP contribution in [0.25, 0.3) is 0 Å². The minimum Gasteiger partial charge on any atom is -0.478 e. The molecule has 0 spiro atoms. The van der Waals surface area contributed by atoms with E-state index in [0.29, 0.717) is 5.56 Å². The number of ether oxygens (including phenoxy) is 1. The summed E-state index contributed by atoms with van der Waals surface area (Å²) in [5.41, 5.74) is 1.10. The van der Waals surface area contributed by atoms with Gasteiger partial charge in [0.25, 0.3) is 0 Å². The fourth-order valence-corrected chi connectivity index (χ4v) is 4.46. The average molecular weight is 375 g/mol. The van der Waals surface area contributed by atoms with Crippen LogP contribution in [0.3, 0.4) is 0 Å². The summed E-state index contributed by atoms with van der Waals surface area (Å²) in [7, 11) is -3.58. The summed E-state index contributed by atoms with van der Waals surface area (Å²) in [6, 6.07) is 12.5. The Labute approximate surface area is 150 Å². The summed E-state index contributed by atoms with van der Waals surface area (Å²) >= 11 is 0. The molecule has 3 rings (SSSR count). The third-order valence-corrected chi connectivity index (χ3v) is 5.95. The number of alkyl carbamates (subject to hydrolysis) is 1. The lowest BCUT2D eigenvalue weighted by Crippen LogP contribution is -2.34. The Morgan fingerprint density at radius 1 is 1.15 bits per heavy atom. The molecule has 1 heterocycles. The van der Waals surface area contributed by atoms with E-state index in [2.05, 4.69) is 5.32 Å². The molecular formula is C18H17NO6S. The van der Waals surface area contributed by atoms with Crippen molar-refractivity contribution < 1.29 is 27.9 Å². The number of nitrogens with one attached hydrogen (secondary N) is 1. The number of sulfone groups is 1. The lowest BCUT2D eigenvalue weighted by Gasteiger charge is -2.26. The number of benzene rings is 2. The monoisotopic (exact) mass is 375 g/mol. The van der Waals surface area contributed by atoms with E-state index < -0.39 is 27.9 Å². The highest BCUT2D eigenvalue weighted by Crippen LogP contribution is 2.33. The molecule has 0 radical (unpaired) electrons. The average Bonchev–Trinajstić information content (AvgIpc) is 2.63. The SMILES string of the molecule is O=C(NC1CCS(=O)(=O)c2cc(C(=O)O)ccc21)OCc1ccccc1. The molecule has 2 aromatic rings. The first-order chi connectivity index (χ1) is 12.4. The van der Waals surface area contributed by atoms with E-state index in [1.807, 2.05) is 30.3 Å². The first-order valence-electron chi connectivity index (χ1n) is 7.94. The summed E-state index contributed by atoms with van der Waals surface area (Å²) in [6.07, 6.45) is -0.464. The summed E-state index contributed by atoms with van der Waals surface area (Å²) in [6.45, 7) is 0.0997. The zero-order valence-electron chi connectivity index (χ0n) is 13.7. The summed E-state index contributed by atoms with van der Waals surface area (Å²) < 4.78 is 29.7. The van der Waals surface area contributed by atoms with Crippen LogP contribution in [-0.2, 0) is 21.2 Å². The van der Waals surface area contributed by atoms with Crippen LogP contribution in [0.4, 0.5) is 4.79 Å². The van der Waals surface area contributed by atoms with Crippen LogP contribution >= 0.6 is 0 Å². The molecule has 7 nitrogen and oxygen atoms in total. The summed E-state index contributed by atoms with van der Waals surface area (Å²) in [4.78, 5) is 23.1. The molecule has 1 unspecified atom stereocenters. The highest BCUT2D eigenvalue weighted by molar-refractivity contribution is 7.91. The van der Waals surface area contributed by atoms with Crippen LogP contribution in [-0.4, -0.2) is 31.3 Å². The zero-order chi connectivity index (χ0) is 18.7. The van der Waals surface area contributed by atoms with Gasteiger partial charge < -0.3 is 15.2 Å². The van der Waals surface area contributed by atoms with Gasteiger partial charge in [0.1, 0.15) is 6.61 Å². The fourth-order valence-electron chi connectivity index (χ4n) is 2.82. The van der Waals surface area contributed by atoms with Gasteiger partial charge in [-0.3, -0.25) is 0 Å². The Balaban J connectivity index is 1.75. The fraction of sp³-hybridized carbons (Fsp3) is 0.222. The number of rotatable bonds is 4. The van der Waals surface area contributed by atoms with E-state index >= 15 is 0 Å². The van der Waals surface area contributed by atoms with E-state index in [1.165, 1.54) is 12.1 Å². The maximum Gasteiger partial charge on any atom is 0.407 e. The van der Waals surface area contributed by atoms with E-state index in [4.69, 9.17) is 9.84 Å². The topological polar surface area (TPSA) is 110 Å². The Bertz CT molecular complexity index is 939. The van der Waals surface area contributed by atoms with Crippen molar-refractivity contribution in [2.45, 2.75) is 24.0 Å². The molecule has 1 amide bonds. The number of carboxylic acid groups (broad SMARTS) is 1. The molecular weight excluding hydrogens is 358 g/mol. The Hall–Kier alpha value is -2.87. The second kappa shape index (κ2) is 7.17. The van der Waals surface area contributed by atoms with Crippen molar-refractivity contribution in [3.8, 4) is 0 Å². The van der Waals surface area contributed by atoms with E-state index in [9.17, 15) is 18.0 Å². The highest BCUT2D eigenvalue weighted by atomic mass is 32.2. The molecule has 1 aliphatic heterocycles. The standard InChI is InChI=1S/C18H17NO6S/c20-17(21)13-6-7-14-15(8-9-26(23,24)16(14)10-13)19-18(22)25-11-12-4-2-1-3-5-12/h1-7,10,15H,8-9,11H2,(H,19,22)(H,20,21). The number of hydrogen-bond donors (Lipinski definition) is 2. The van der Waals surface area contributed by atoms with Gasteiger partial charge >= 0.3 is 12.1 Å². The van der Waals surface area contributed by atoms with Gasteiger partial charge in [0, 0.05) is 0 Å². The van der Waals surface area contributed by atoms with Crippen molar-refractivity contribution in [2.24, 2.45) is 0 Å². The minimum absolute atomic E-state index is 0.0583. The molecule has 1 atom stereocenters. The molecule has 1 aliphatic rings. The van der Waals surface area contributed by atoms with Gasteiger partial charge in [0.15, 0.2) is 9.84 Å². The van der Waals surface area contributed by atoms with Crippen molar-refractivity contribution in [3.63, 3.8) is 0 Å². The first-order valence-corrected chi connectivity index (χ1v) is 9.59.